The summed E-state index contributed by atoms with van der Waals surface area (Å²) in [5.41, 5.74) is 0.816. The van der Waals surface area contributed by atoms with E-state index in [4.69, 9.17) is 0 Å². The Morgan fingerprint density at radius 2 is 2.05 bits per heavy atom. The molecule has 118 valence electrons. The van der Waals surface area contributed by atoms with Gasteiger partial charge in [0.05, 0.1) is 0 Å². The fourth-order valence-corrected chi connectivity index (χ4v) is 2.74. The van der Waals surface area contributed by atoms with Crippen molar-refractivity contribution in [2.45, 2.75) is 11.4 Å². The van der Waals surface area contributed by atoms with Gasteiger partial charge in [-0.05, 0) is 30.8 Å². The fraction of sp³-hybridized carbons (Fsp3) is 0.214. The van der Waals surface area contributed by atoms with Crippen molar-refractivity contribution in [1.29, 1.82) is 0 Å². The summed E-state index contributed by atoms with van der Waals surface area (Å²) in [6, 6.07) is 7.16. The van der Waals surface area contributed by atoms with E-state index < -0.39 is 15.9 Å². The zero-order chi connectivity index (χ0) is 16.3. The quantitative estimate of drug-likeness (QED) is 0.861. The molecular formula is C14H16FN3O3S. The molecule has 1 heterocycles. The van der Waals surface area contributed by atoms with Crippen molar-refractivity contribution in [3.8, 4) is 0 Å². The number of carbonyl (C=O) groups excluding carboxylic acids is 1. The zero-order valence-corrected chi connectivity index (χ0v) is 12.9. The molecule has 8 heteroatoms. The number of carbonyl (C=O) groups is 1. The molecule has 0 aliphatic carbocycles. The number of aromatic nitrogens is 1. The monoisotopic (exact) mass is 325 g/mol. The van der Waals surface area contributed by atoms with Crippen molar-refractivity contribution in [3.05, 3.63) is 53.6 Å². The van der Waals surface area contributed by atoms with Crippen LogP contribution in [-0.4, -0.2) is 25.9 Å². The Bertz CT molecular complexity index is 799. The topological polar surface area (TPSA) is 80.2 Å². The van der Waals surface area contributed by atoms with Crippen molar-refractivity contribution in [2.24, 2.45) is 7.05 Å². The van der Waals surface area contributed by atoms with Crippen LogP contribution in [0.4, 0.5) is 4.39 Å². The normalized spacial score (nSPS) is 11.4. The van der Waals surface area contributed by atoms with E-state index in [1.54, 1.807) is 19.2 Å². The van der Waals surface area contributed by atoms with E-state index >= 15 is 0 Å². The Hall–Kier alpha value is -2.19. The lowest BCUT2D eigenvalue weighted by Crippen LogP contribution is -2.24. The number of nitrogens with zero attached hydrogens (tertiary/aromatic N) is 1. The maximum absolute atomic E-state index is 13.1. The summed E-state index contributed by atoms with van der Waals surface area (Å²) in [4.78, 5) is 12.1. The minimum atomic E-state index is -3.61. The van der Waals surface area contributed by atoms with Gasteiger partial charge >= 0.3 is 0 Å². The van der Waals surface area contributed by atoms with Gasteiger partial charge in [0.1, 0.15) is 16.4 Å². The molecule has 1 amide bonds. The Labute approximate surface area is 128 Å². The van der Waals surface area contributed by atoms with Crippen LogP contribution < -0.4 is 10.0 Å². The highest BCUT2D eigenvalue weighted by atomic mass is 32.2. The minimum Gasteiger partial charge on any atom is -0.347 e. The molecule has 0 spiro atoms. The molecule has 2 N–H and O–H groups in total. The Morgan fingerprint density at radius 3 is 2.68 bits per heavy atom. The average molecular weight is 325 g/mol. The summed E-state index contributed by atoms with van der Waals surface area (Å²) in [6.07, 6.45) is 1.35. The molecule has 0 bridgehead atoms. The first-order valence-corrected chi connectivity index (χ1v) is 7.94. The standard InChI is InChI=1S/C14H16FN3O3S/c1-16-22(20,21)12-7-13(18(2)9-12)14(19)17-8-10-4-3-5-11(15)6-10/h3-7,9,16H,8H2,1-2H3,(H,17,19). The van der Waals surface area contributed by atoms with Crippen LogP contribution in [-0.2, 0) is 23.6 Å². The van der Waals surface area contributed by atoms with Crippen LogP contribution in [0.3, 0.4) is 0 Å². The summed E-state index contributed by atoms with van der Waals surface area (Å²) in [5.74, 6) is -0.822. The van der Waals surface area contributed by atoms with Crippen molar-refractivity contribution in [2.75, 3.05) is 7.05 Å². The number of nitrogens with one attached hydrogen (secondary N) is 2. The van der Waals surface area contributed by atoms with Gasteiger partial charge in [-0.25, -0.2) is 17.5 Å². The molecule has 0 aliphatic rings. The zero-order valence-electron chi connectivity index (χ0n) is 12.1. The number of benzene rings is 1. The molecule has 1 aromatic carbocycles. The summed E-state index contributed by atoms with van der Waals surface area (Å²) in [7, 11) is -0.734. The lowest BCUT2D eigenvalue weighted by molar-refractivity contribution is 0.0942. The lowest BCUT2D eigenvalue weighted by atomic mass is 10.2. The predicted molar refractivity (Wildman–Crippen MR) is 79.2 cm³/mol. The van der Waals surface area contributed by atoms with Crippen molar-refractivity contribution >= 4 is 15.9 Å². The number of sulfonamides is 1. The lowest BCUT2D eigenvalue weighted by Gasteiger charge is -2.06. The van der Waals surface area contributed by atoms with Gasteiger partial charge in [0, 0.05) is 19.8 Å². The van der Waals surface area contributed by atoms with Gasteiger partial charge in [-0.2, -0.15) is 0 Å². The number of hydrogen-bond acceptors (Lipinski definition) is 3. The van der Waals surface area contributed by atoms with Gasteiger partial charge in [0.25, 0.3) is 5.91 Å². The molecule has 0 fully saturated rings. The van der Waals surface area contributed by atoms with E-state index in [9.17, 15) is 17.6 Å². The molecule has 0 atom stereocenters. The first-order valence-electron chi connectivity index (χ1n) is 6.46. The van der Waals surface area contributed by atoms with E-state index in [2.05, 4.69) is 10.0 Å². The van der Waals surface area contributed by atoms with E-state index in [0.717, 1.165) is 0 Å². The third kappa shape index (κ3) is 3.52. The fourth-order valence-electron chi connectivity index (χ4n) is 1.94. The molecule has 2 aromatic rings. The number of amides is 1. The van der Waals surface area contributed by atoms with Gasteiger partial charge in [0.2, 0.25) is 10.0 Å². The van der Waals surface area contributed by atoms with Crippen LogP contribution in [0.5, 0.6) is 0 Å². The van der Waals surface area contributed by atoms with Crippen LogP contribution >= 0.6 is 0 Å². The van der Waals surface area contributed by atoms with Crippen molar-refractivity contribution in [3.63, 3.8) is 0 Å². The molecule has 1 aromatic heterocycles. The number of halogens is 1. The summed E-state index contributed by atoms with van der Waals surface area (Å²) < 4.78 is 40.1. The highest BCUT2D eigenvalue weighted by molar-refractivity contribution is 7.89. The highest BCUT2D eigenvalue weighted by Crippen LogP contribution is 2.13. The first kappa shape index (κ1) is 16.2. The largest absolute Gasteiger partial charge is 0.347 e. The number of rotatable bonds is 5. The first-order chi connectivity index (χ1) is 10.3. The third-order valence-corrected chi connectivity index (χ3v) is 4.51. The molecule has 22 heavy (non-hydrogen) atoms. The average Bonchev–Trinajstić information content (AvgIpc) is 2.88. The minimum absolute atomic E-state index is 0.00778. The molecule has 0 saturated carbocycles. The third-order valence-electron chi connectivity index (χ3n) is 3.13. The van der Waals surface area contributed by atoms with Gasteiger partial charge in [-0.15, -0.1) is 0 Å². The van der Waals surface area contributed by atoms with Crippen LogP contribution in [0.25, 0.3) is 0 Å². The van der Waals surface area contributed by atoms with Gasteiger partial charge in [-0.1, -0.05) is 12.1 Å². The summed E-state index contributed by atoms with van der Waals surface area (Å²) >= 11 is 0. The number of aryl methyl sites for hydroxylation is 1. The van der Waals surface area contributed by atoms with Crippen molar-refractivity contribution < 1.29 is 17.6 Å². The maximum Gasteiger partial charge on any atom is 0.268 e. The van der Waals surface area contributed by atoms with E-state index in [1.807, 2.05) is 0 Å². The molecule has 0 aliphatic heterocycles. The van der Waals surface area contributed by atoms with Gasteiger partial charge in [0.15, 0.2) is 0 Å². The molecule has 0 unspecified atom stereocenters. The molecule has 0 radical (unpaired) electrons. The van der Waals surface area contributed by atoms with Crippen LogP contribution in [0.1, 0.15) is 16.1 Å². The Balaban J connectivity index is 2.13. The Morgan fingerprint density at radius 1 is 1.32 bits per heavy atom. The molecule has 0 saturated heterocycles. The van der Waals surface area contributed by atoms with Gasteiger partial charge < -0.3 is 9.88 Å². The molecule has 6 nitrogen and oxygen atoms in total. The van der Waals surface area contributed by atoms with E-state index in [1.165, 1.54) is 36.0 Å². The number of hydrogen-bond donors (Lipinski definition) is 2. The highest BCUT2D eigenvalue weighted by Gasteiger charge is 2.18. The Kier molecular flexibility index (Phi) is 4.62. The predicted octanol–water partition coefficient (Wildman–Crippen LogP) is 1.00. The van der Waals surface area contributed by atoms with Gasteiger partial charge in [-0.3, -0.25) is 4.79 Å². The summed E-state index contributed by atoms with van der Waals surface area (Å²) in [5, 5.41) is 2.62. The van der Waals surface area contributed by atoms with Crippen LogP contribution in [0.2, 0.25) is 0 Å². The molecule has 2 rings (SSSR count). The second kappa shape index (κ2) is 6.29. The summed E-state index contributed by atoms with van der Waals surface area (Å²) in [6.45, 7) is 0.149. The second-order valence-electron chi connectivity index (χ2n) is 4.69. The van der Waals surface area contributed by atoms with E-state index in [-0.39, 0.29) is 23.0 Å². The van der Waals surface area contributed by atoms with E-state index in [0.29, 0.717) is 5.56 Å². The van der Waals surface area contributed by atoms with Crippen molar-refractivity contribution in [1.82, 2.24) is 14.6 Å². The van der Waals surface area contributed by atoms with Crippen LogP contribution in [0.15, 0.2) is 41.4 Å². The van der Waals surface area contributed by atoms with Crippen LogP contribution in [0, 0.1) is 5.82 Å². The maximum atomic E-state index is 13.1. The second-order valence-corrected chi connectivity index (χ2v) is 6.58. The smallest absolute Gasteiger partial charge is 0.268 e. The SMILES string of the molecule is CNS(=O)(=O)c1cc(C(=O)NCc2cccc(F)c2)n(C)c1. The molecular weight excluding hydrogens is 309 g/mol.